The molecule has 11 nitrogen and oxygen atoms in total. The van der Waals surface area contributed by atoms with E-state index in [0.29, 0.717) is 34.0 Å². The number of hydrogen-bond acceptors (Lipinski definition) is 7. The topological polar surface area (TPSA) is 143 Å². The third kappa shape index (κ3) is 4.07. The molecule has 7 rings (SSSR count). The molecule has 0 unspecified atom stereocenters. The molecule has 0 saturated carbocycles. The molecule has 0 radical (unpaired) electrons. The van der Waals surface area contributed by atoms with Gasteiger partial charge in [-0.05, 0) is 37.3 Å². The van der Waals surface area contributed by atoms with Gasteiger partial charge in [0.05, 0.1) is 58.7 Å². The number of fused-ring (bicyclic) bond motifs is 2. The Morgan fingerprint density at radius 2 is 1.79 bits per heavy atom. The number of nitrogens with zero attached hydrogens (tertiary/aromatic N) is 7. The largest absolute Gasteiger partial charge is 0.335 e. The molecule has 188 valence electrons. The molecule has 0 spiro atoms. The van der Waals surface area contributed by atoms with Crippen molar-refractivity contribution in [2.24, 2.45) is 0 Å². The van der Waals surface area contributed by atoms with Crippen LogP contribution >= 0.6 is 0 Å². The van der Waals surface area contributed by atoms with Crippen LogP contribution in [0, 0.1) is 6.92 Å². The van der Waals surface area contributed by atoms with Crippen molar-refractivity contribution in [3.05, 3.63) is 97.1 Å². The molecule has 0 aliphatic heterocycles. The van der Waals surface area contributed by atoms with Crippen LogP contribution in [0.2, 0.25) is 0 Å². The highest BCUT2D eigenvalue weighted by Gasteiger charge is 2.17. The number of aromatic amines is 2. The third-order valence-corrected chi connectivity index (χ3v) is 6.32. The number of H-pyrrole nitrogens is 2. The van der Waals surface area contributed by atoms with Gasteiger partial charge in [0.2, 0.25) is 0 Å². The maximum Gasteiger partial charge on any atom is 0.255 e. The van der Waals surface area contributed by atoms with Crippen molar-refractivity contribution in [2.75, 3.05) is 5.32 Å². The number of amides is 1. The molecule has 3 N–H and O–H groups in total. The standard InChI is InChI=1S/C28H20N10O/c1-16-14-38(15-31-16)23-13-30-12-22-24(23)35-27(34-22)26-25-21(36-37-26)8-7-20(33-25)18-9-19(11-29-10-18)32-28(39)17-5-3-2-4-6-17/h2-15H,1H3,(H,32,39)(H,34,35)(H,36,37). The van der Waals surface area contributed by atoms with Crippen molar-refractivity contribution in [2.45, 2.75) is 6.92 Å². The van der Waals surface area contributed by atoms with E-state index >= 15 is 0 Å². The van der Waals surface area contributed by atoms with E-state index in [9.17, 15) is 4.79 Å². The molecule has 1 amide bonds. The molecular formula is C28H20N10O. The Kier molecular flexibility index (Phi) is 5.18. The molecule has 7 aromatic rings. The number of aromatic nitrogens is 9. The van der Waals surface area contributed by atoms with Gasteiger partial charge in [0.25, 0.3) is 5.91 Å². The lowest BCUT2D eigenvalue weighted by Crippen LogP contribution is -2.11. The summed E-state index contributed by atoms with van der Waals surface area (Å²) in [5.74, 6) is 0.355. The van der Waals surface area contributed by atoms with E-state index in [1.807, 2.05) is 54.1 Å². The Morgan fingerprint density at radius 1 is 0.923 bits per heavy atom. The Morgan fingerprint density at radius 3 is 2.64 bits per heavy atom. The molecule has 0 saturated heterocycles. The monoisotopic (exact) mass is 512 g/mol. The van der Waals surface area contributed by atoms with Gasteiger partial charge in [0.1, 0.15) is 11.0 Å². The minimum Gasteiger partial charge on any atom is -0.335 e. The van der Waals surface area contributed by atoms with Crippen molar-refractivity contribution in [3.63, 3.8) is 0 Å². The predicted octanol–water partition coefficient (Wildman–Crippen LogP) is 4.70. The van der Waals surface area contributed by atoms with Gasteiger partial charge in [-0.2, -0.15) is 5.10 Å². The highest BCUT2D eigenvalue weighted by Crippen LogP contribution is 2.29. The first-order chi connectivity index (χ1) is 19.1. The van der Waals surface area contributed by atoms with Crippen LogP contribution in [0.15, 0.2) is 85.8 Å². The number of nitrogens with one attached hydrogen (secondary N) is 3. The highest BCUT2D eigenvalue weighted by molar-refractivity contribution is 6.04. The van der Waals surface area contributed by atoms with E-state index in [4.69, 9.17) is 9.97 Å². The van der Waals surface area contributed by atoms with E-state index < -0.39 is 0 Å². The maximum absolute atomic E-state index is 12.6. The Hall–Kier alpha value is -5.71. The van der Waals surface area contributed by atoms with Crippen LogP contribution in [0.4, 0.5) is 5.69 Å². The van der Waals surface area contributed by atoms with Crippen LogP contribution in [0.1, 0.15) is 16.1 Å². The molecule has 0 aliphatic rings. The van der Waals surface area contributed by atoms with Crippen molar-refractivity contribution < 1.29 is 4.79 Å². The Labute approximate surface area is 221 Å². The van der Waals surface area contributed by atoms with Gasteiger partial charge in [0.15, 0.2) is 11.5 Å². The van der Waals surface area contributed by atoms with Gasteiger partial charge in [-0.25, -0.2) is 15.0 Å². The fourth-order valence-corrected chi connectivity index (χ4v) is 4.44. The molecule has 6 heterocycles. The minimum absolute atomic E-state index is 0.209. The zero-order valence-electron chi connectivity index (χ0n) is 20.6. The summed E-state index contributed by atoms with van der Waals surface area (Å²) in [7, 11) is 0. The second-order valence-electron chi connectivity index (χ2n) is 9.01. The summed E-state index contributed by atoms with van der Waals surface area (Å²) in [4.78, 5) is 38.6. The smallest absolute Gasteiger partial charge is 0.255 e. The van der Waals surface area contributed by atoms with Crippen LogP contribution in [-0.4, -0.2) is 50.6 Å². The van der Waals surface area contributed by atoms with Crippen molar-refractivity contribution >= 4 is 33.7 Å². The van der Waals surface area contributed by atoms with Crippen LogP contribution in [0.5, 0.6) is 0 Å². The minimum atomic E-state index is -0.209. The zero-order chi connectivity index (χ0) is 26.3. The summed E-state index contributed by atoms with van der Waals surface area (Å²) in [5.41, 5.74) is 7.79. The van der Waals surface area contributed by atoms with Crippen LogP contribution in [-0.2, 0) is 0 Å². The molecule has 0 bridgehead atoms. The first-order valence-corrected chi connectivity index (χ1v) is 12.1. The number of aryl methyl sites for hydroxylation is 1. The number of rotatable bonds is 5. The molecular weight excluding hydrogens is 492 g/mol. The number of carbonyl (C=O) groups is 1. The summed E-state index contributed by atoms with van der Waals surface area (Å²) in [6.07, 6.45) is 10.5. The summed E-state index contributed by atoms with van der Waals surface area (Å²) < 4.78 is 1.89. The molecule has 11 heteroatoms. The van der Waals surface area contributed by atoms with Gasteiger partial charge in [-0.1, -0.05) is 18.2 Å². The zero-order valence-corrected chi connectivity index (χ0v) is 20.6. The number of imidazole rings is 2. The SMILES string of the molecule is Cc1cn(-c2cncc3[nH]c(-c4n[nH]c5ccc(-c6cncc(NC(=O)c7ccccc7)c6)nc45)nc23)cn1. The number of pyridine rings is 3. The molecule has 0 aliphatic carbocycles. The van der Waals surface area contributed by atoms with Crippen LogP contribution < -0.4 is 5.32 Å². The number of anilines is 1. The second-order valence-corrected chi connectivity index (χ2v) is 9.01. The lowest BCUT2D eigenvalue weighted by atomic mass is 10.1. The van der Waals surface area contributed by atoms with Crippen LogP contribution in [0.3, 0.4) is 0 Å². The summed E-state index contributed by atoms with van der Waals surface area (Å²) in [6.45, 7) is 1.93. The number of carbonyl (C=O) groups excluding carboxylic acids is 1. The van der Waals surface area contributed by atoms with Crippen molar-refractivity contribution in [1.82, 2.24) is 44.7 Å². The van der Waals surface area contributed by atoms with Gasteiger partial charge in [0, 0.05) is 23.5 Å². The fraction of sp³-hybridized carbons (Fsp3) is 0.0357. The van der Waals surface area contributed by atoms with Crippen molar-refractivity contribution in [3.8, 4) is 28.5 Å². The summed E-state index contributed by atoms with van der Waals surface area (Å²) in [5, 5.41) is 10.4. The van der Waals surface area contributed by atoms with Crippen LogP contribution in [0.25, 0.3) is 50.5 Å². The van der Waals surface area contributed by atoms with Gasteiger partial charge in [-0.15, -0.1) is 0 Å². The Balaban J connectivity index is 1.25. The van der Waals surface area contributed by atoms with E-state index in [1.165, 1.54) is 0 Å². The van der Waals surface area contributed by atoms with E-state index in [-0.39, 0.29) is 5.91 Å². The van der Waals surface area contributed by atoms with Gasteiger partial charge in [-0.3, -0.25) is 19.9 Å². The molecule has 0 fully saturated rings. The molecule has 6 aromatic heterocycles. The third-order valence-electron chi connectivity index (χ3n) is 6.32. The van der Waals surface area contributed by atoms with Crippen molar-refractivity contribution in [1.29, 1.82) is 0 Å². The molecule has 39 heavy (non-hydrogen) atoms. The predicted molar refractivity (Wildman–Crippen MR) is 146 cm³/mol. The maximum atomic E-state index is 12.6. The number of hydrogen-bond donors (Lipinski definition) is 3. The van der Waals surface area contributed by atoms with E-state index in [0.717, 1.165) is 33.5 Å². The van der Waals surface area contributed by atoms with Gasteiger partial charge < -0.3 is 14.9 Å². The summed E-state index contributed by atoms with van der Waals surface area (Å²) >= 11 is 0. The fourth-order valence-electron chi connectivity index (χ4n) is 4.44. The van der Waals surface area contributed by atoms with E-state index in [2.05, 4.69) is 35.5 Å². The lowest BCUT2D eigenvalue weighted by molar-refractivity contribution is 0.102. The second kappa shape index (κ2) is 8.99. The average molecular weight is 513 g/mol. The first kappa shape index (κ1) is 22.5. The average Bonchev–Trinajstić information content (AvgIpc) is 3.71. The molecule has 1 aromatic carbocycles. The van der Waals surface area contributed by atoms with E-state index in [1.54, 1.807) is 43.2 Å². The lowest BCUT2D eigenvalue weighted by Gasteiger charge is -2.07. The Bertz CT molecular complexity index is 1990. The number of benzene rings is 1. The molecule has 0 atom stereocenters. The first-order valence-electron chi connectivity index (χ1n) is 12.1. The quantitative estimate of drug-likeness (QED) is 0.303. The summed E-state index contributed by atoms with van der Waals surface area (Å²) in [6, 6.07) is 14.7. The normalized spacial score (nSPS) is 11.3. The highest BCUT2D eigenvalue weighted by atomic mass is 16.1. The van der Waals surface area contributed by atoms with Gasteiger partial charge >= 0.3 is 0 Å².